The van der Waals surface area contributed by atoms with Crippen LogP contribution in [0.3, 0.4) is 0 Å². The smallest absolute Gasteiger partial charge is 0.243 e. The van der Waals surface area contributed by atoms with Gasteiger partial charge >= 0.3 is 0 Å². The minimum Gasteiger partial charge on any atom is -0.397 e. The molecule has 0 radical (unpaired) electrons. The second-order valence-corrected chi connectivity index (χ2v) is 7.91. The summed E-state index contributed by atoms with van der Waals surface area (Å²) in [6.07, 6.45) is 4.58. The lowest BCUT2D eigenvalue weighted by Crippen LogP contribution is -2.38. The van der Waals surface area contributed by atoms with Crippen LogP contribution in [0.25, 0.3) is 0 Å². The van der Waals surface area contributed by atoms with Gasteiger partial charge in [0.15, 0.2) is 0 Å². The van der Waals surface area contributed by atoms with Crippen LogP contribution >= 0.6 is 0 Å². The number of nitrogen functional groups attached to an aromatic ring is 1. The van der Waals surface area contributed by atoms with Crippen molar-refractivity contribution in [3.05, 3.63) is 23.3 Å². The van der Waals surface area contributed by atoms with Crippen molar-refractivity contribution in [2.45, 2.75) is 50.5 Å². The van der Waals surface area contributed by atoms with Gasteiger partial charge in [0.1, 0.15) is 4.90 Å². The van der Waals surface area contributed by atoms with E-state index in [-0.39, 0.29) is 10.9 Å². The molecule has 0 aromatic heterocycles. The minimum atomic E-state index is -3.53. The van der Waals surface area contributed by atoms with Crippen LogP contribution < -0.4 is 10.5 Å². The van der Waals surface area contributed by atoms with E-state index in [9.17, 15) is 8.42 Å². The summed E-state index contributed by atoms with van der Waals surface area (Å²) in [5.41, 5.74) is 7.91. The zero-order valence-electron chi connectivity index (χ0n) is 12.0. The topological polar surface area (TPSA) is 72.2 Å². The number of benzene rings is 1. The first-order chi connectivity index (χ1) is 9.40. The Kier molecular flexibility index (Phi) is 3.29. The van der Waals surface area contributed by atoms with Gasteiger partial charge in [-0.1, -0.05) is 12.1 Å². The summed E-state index contributed by atoms with van der Waals surface area (Å²) in [4.78, 5) is 0.267. The molecule has 110 valence electrons. The van der Waals surface area contributed by atoms with Crippen LogP contribution in [0.4, 0.5) is 5.69 Å². The monoisotopic (exact) mass is 294 g/mol. The summed E-state index contributed by atoms with van der Waals surface area (Å²) in [5.74, 6) is 1.06. The second-order valence-electron chi connectivity index (χ2n) is 6.26. The molecule has 0 heterocycles. The van der Waals surface area contributed by atoms with Gasteiger partial charge in [0.2, 0.25) is 10.0 Å². The van der Waals surface area contributed by atoms with E-state index in [2.05, 4.69) is 4.72 Å². The van der Waals surface area contributed by atoms with Crippen LogP contribution in [0, 0.1) is 25.7 Å². The average molecular weight is 294 g/mol. The van der Waals surface area contributed by atoms with Crippen molar-refractivity contribution in [3.8, 4) is 0 Å². The summed E-state index contributed by atoms with van der Waals surface area (Å²) in [6, 6.07) is 3.80. The minimum absolute atomic E-state index is 0.110. The first-order valence-corrected chi connectivity index (χ1v) is 8.76. The van der Waals surface area contributed by atoms with E-state index in [1.54, 1.807) is 6.92 Å². The molecule has 0 unspecified atom stereocenters. The summed E-state index contributed by atoms with van der Waals surface area (Å²) in [5, 5.41) is 0. The van der Waals surface area contributed by atoms with Crippen LogP contribution in [0.5, 0.6) is 0 Å². The zero-order chi connectivity index (χ0) is 14.5. The summed E-state index contributed by atoms with van der Waals surface area (Å²) >= 11 is 0. The highest BCUT2D eigenvalue weighted by Crippen LogP contribution is 2.45. The predicted molar refractivity (Wildman–Crippen MR) is 79.9 cm³/mol. The average Bonchev–Trinajstić information content (AvgIpc) is 3.25. The van der Waals surface area contributed by atoms with Gasteiger partial charge in [-0.3, -0.25) is 0 Å². The highest BCUT2D eigenvalue weighted by atomic mass is 32.2. The number of rotatable bonds is 5. The van der Waals surface area contributed by atoms with Crippen LogP contribution in [0.2, 0.25) is 0 Å². The van der Waals surface area contributed by atoms with Crippen LogP contribution in [0.15, 0.2) is 17.0 Å². The normalized spacial score (nSPS) is 19.6. The van der Waals surface area contributed by atoms with Gasteiger partial charge in [-0.05, 0) is 62.5 Å². The van der Waals surface area contributed by atoms with Crippen molar-refractivity contribution in [2.24, 2.45) is 11.8 Å². The number of nitrogens with one attached hydrogen (secondary N) is 1. The largest absolute Gasteiger partial charge is 0.397 e. The van der Waals surface area contributed by atoms with Crippen LogP contribution in [0.1, 0.15) is 36.8 Å². The Labute approximate surface area is 120 Å². The standard InChI is InChI=1S/C15H22N2O2S/c1-9-3-4-10(2)15(13(9)16)20(18,19)17-14(11-5-6-11)12-7-8-12/h3-4,11-12,14,17H,5-8,16H2,1-2H3. The summed E-state index contributed by atoms with van der Waals surface area (Å²) < 4.78 is 28.4. The number of nitrogens with two attached hydrogens (primary N) is 1. The maximum atomic E-state index is 12.7. The molecule has 5 heteroatoms. The number of aryl methyl sites for hydroxylation is 2. The number of anilines is 1. The molecule has 2 saturated carbocycles. The Morgan fingerprint density at radius 2 is 1.60 bits per heavy atom. The van der Waals surface area contributed by atoms with Crippen molar-refractivity contribution < 1.29 is 8.42 Å². The Morgan fingerprint density at radius 1 is 1.10 bits per heavy atom. The van der Waals surface area contributed by atoms with E-state index in [1.165, 1.54) is 0 Å². The number of hydrogen-bond donors (Lipinski definition) is 2. The molecular weight excluding hydrogens is 272 g/mol. The molecule has 1 aromatic rings. The molecule has 20 heavy (non-hydrogen) atoms. The van der Waals surface area contributed by atoms with Crippen molar-refractivity contribution in [1.29, 1.82) is 0 Å². The fraction of sp³-hybridized carbons (Fsp3) is 0.600. The first-order valence-electron chi connectivity index (χ1n) is 7.28. The van der Waals surface area contributed by atoms with Crippen molar-refractivity contribution in [2.75, 3.05) is 5.73 Å². The third-order valence-corrected chi connectivity index (χ3v) is 6.09. The van der Waals surface area contributed by atoms with Gasteiger partial charge in [-0.25, -0.2) is 13.1 Å². The Balaban J connectivity index is 1.93. The fourth-order valence-electron chi connectivity index (χ4n) is 2.89. The Hall–Kier alpha value is -1.07. The zero-order valence-corrected chi connectivity index (χ0v) is 12.8. The van der Waals surface area contributed by atoms with Crippen molar-refractivity contribution in [3.63, 3.8) is 0 Å². The molecule has 2 aliphatic carbocycles. The molecule has 0 aliphatic heterocycles. The molecule has 0 spiro atoms. The number of sulfonamides is 1. The van der Waals surface area contributed by atoms with Crippen LogP contribution in [-0.4, -0.2) is 14.5 Å². The highest BCUT2D eigenvalue weighted by Gasteiger charge is 2.43. The molecule has 0 amide bonds. The third-order valence-electron chi connectivity index (χ3n) is 4.43. The first kappa shape index (κ1) is 13.9. The maximum Gasteiger partial charge on any atom is 0.243 e. The van der Waals surface area contributed by atoms with E-state index >= 15 is 0 Å². The molecule has 0 atom stereocenters. The van der Waals surface area contributed by atoms with E-state index < -0.39 is 10.0 Å². The van der Waals surface area contributed by atoms with Crippen molar-refractivity contribution >= 4 is 15.7 Å². The Morgan fingerprint density at radius 3 is 2.10 bits per heavy atom. The van der Waals surface area contributed by atoms with Gasteiger partial charge in [0.05, 0.1) is 5.69 Å². The highest BCUT2D eigenvalue weighted by molar-refractivity contribution is 7.89. The molecule has 0 bridgehead atoms. The lowest BCUT2D eigenvalue weighted by Gasteiger charge is -2.20. The van der Waals surface area contributed by atoms with E-state index in [1.807, 2.05) is 19.1 Å². The van der Waals surface area contributed by atoms with Crippen LogP contribution in [-0.2, 0) is 10.0 Å². The quantitative estimate of drug-likeness (QED) is 0.819. The van der Waals surface area contributed by atoms with Crippen molar-refractivity contribution in [1.82, 2.24) is 4.72 Å². The number of hydrogen-bond acceptors (Lipinski definition) is 3. The lowest BCUT2D eigenvalue weighted by molar-refractivity contribution is 0.471. The molecule has 1 aromatic carbocycles. The molecule has 3 N–H and O–H groups in total. The summed E-state index contributed by atoms with van der Waals surface area (Å²) in [6.45, 7) is 3.64. The SMILES string of the molecule is Cc1ccc(C)c(S(=O)(=O)NC(C2CC2)C2CC2)c1N. The van der Waals surface area contributed by atoms with Gasteiger partial charge < -0.3 is 5.73 Å². The molecule has 2 aliphatic rings. The lowest BCUT2D eigenvalue weighted by atomic mass is 10.1. The molecule has 4 nitrogen and oxygen atoms in total. The second kappa shape index (κ2) is 4.74. The van der Waals surface area contributed by atoms with E-state index in [0.29, 0.717) is 23.1 Å². The molecular formula is C15H22N2O2S. The third kappa shape index (κ3) is 2.56. The predicted octanol–water partition coefficient (Wildman–Crippen LogP) is 2.35. The summed E-state index contributed by atoms with van der Waals surface area (Å²) in [7, 11) is -3.53. The molecule has 2 fully saturated rings. The van der Waals surface area contributed by atoms with Gasteiger partial charge in [-0.2, -0.15) is 0 Å². The van der Waals surface area contributed by atoms with E-state index in [0.717, 1.165) is 31.2 Å². The molecule has 0 saturated heterocycles. The maximum absolute atomic E-state index is 12.7. The molecule has 3 rings (SSSR count). The van der Waals surface area contributed by atoms with Gasteiger partial charge in [0, 0.05) is 6.04 Å². The fourth-order valence-corrected chi connectivity index (χ4v) is 4.69. The Bertz CT molecular complexity index is 620. The van der Waals surface area contributed by atoms with Gasteiger partial charge in [-0.15, -0.1) is 0 Å². The van der Waals surface area contributed by atoms with E-state index in [4.69, 9.17) is 5.73 Å². The van der Waals surface area contributed by atoms with Gasteiger partial charge in [0.25, 0.3) is 0 Å².